The second-order valence-corrected chi connectivity index (χ2v) is 2.79. The molecular formula is C8H16BrN3. The zero-order valence-electron chi connectivity index (χ0n) is 7.53. The Labute approximate surface area is 83.9 Å². The number of imidazole rings is 1. The summed E-state index contributed by atoms with van der Waals surface area (Å²) < 4.78 is 1.89. The van der Waals surface area contributed by atoms with Crippen molar-refractivity contribution in [2.75, 3.05) is 5.43 Å². The van der Waals surface area contributed by atoms with E-state index in [9.17, 15) is 0 Å². The van der Waals surface area contributed by atoms with Crippen molar-refractivity contribution in [3.8, 4) is 0 Å². The predicted octanol–water partition coefficient (Wildman–Crippen LogP) is 2.19. The molecule has 1 atom stereocenters. The van der Waals surface area contributed by atoms with Crippen molar-refractivity contribution in [3.63, 3.8) is 0 Å². The van der Waals surface area contributed by atoms with Crippen LogP contribution in [0, 0.1) is 0 Å². The third-order valence-corrected chi connectivity index (χ3v) is 1.60. The van der Waals surface area contributed by atoms with E-state index in [1.54, 1.807) is 12.5 Å². The molecule has 1 aromatic heterocycles. The van der Waals surface area contributed by atoms with E-state index in [1.807, 2.05) is 10.9 Å². The van der Waals surface area contributed by atoms with Gasteiger partial charge in [-0.1, -0.05) is 13.3 Å². The van der Waals surface area contributed by atoms with E-state index in [4.69, 9.17) is 0 Å². The summed E-state index contributed by atoms with van der Waals surface area (Å²) in [4.78, 5) is 3.94. The lowest BCUT2D eigenvalue weighted by Gasteiger charge is -2.13. The molecule has 12 heavy (non-hydrogen) atoms. The SMILES string of the molecule is Br.CCCC(C)Nn1ccnc1. The van der Waals surface area contributed by atoms with Crippen LogP contribution in [-0.2, 0) is 0 Å². The van der Waals surface area contributed by atoms with Crippen molar-refractivity contribution < 1.29 is 0 Å². The first-order valence-corrected chi connectivity index (χ1v) is 4.07. The van der Waals surface area contributed by atoms with Gasteiger partial charge in [-0.25, -0.2) is 4.98 Å². The molecule has 0 bridgehead atoms. The molecule has 0 aliphatic carbocycles. The van der Waals surface area contributed by atoms with Crippen molar-refractivity contribution in [2.24, 2.45) is 0 Å². The Hall–Kier alpha value is -0.510. The molecule has 0 aromatic carbocycles. The number of nitrogens with one attached hydrogen (secondary N) is 1. The third-order valence-electron chi connectivity index (χ3n) is 1.60. The van der Waals surface area contributed by atoms with Crippen LogP contribution in [0.1, 0.15) is 26.7 Å². The second kappa shape index (κ2) is 6.06. The van der Waals surface area contributed by atoms with Crippen LogP contribution >= 0.6 is 17.0 Å². The topological polar surface area (TPSA) is 29.9 Å². The lowest BCUT2D eigenvalue weighted by atomic mass is 10.2. The van der Waals surface area contributed by atoms with Crippen LogP contribution < -0.4 is 5.43 Å². The molecule has 0 saturated heterocycles. The van der Waals surface area contributed by atoms with E-state index in [2.05, 4.69) is 24.3 Å². The number of hydrogen-bond donors (Lipinski definition) is 1. The lowest BCUT2D eigenvalue weighted by Crippen LogP contribution is -2.23. The second-order valence-electron chi connectivity index (χ2n) is 2.79. The molecule has 0 aliphatic rings. The average Bonchev–Trinajstić information content (AvgIpc) is 2.40. The van der Waals surface area contributed by atoms with Crippen molar-refractivity contribution >= 4 is 17.0 Å². The summed E-state index contributed by atoms with van der Waals surface area (Å²) in [5.41, 5.74) is 3.28. The van der Waals surface area contributed by atoms with Gasteiger partial charge in [0.05, 0.1) is 0 Å². The monoisotopic (exact) mass is 233 g/mol. The Morgan fingerprint density at radius 3 is 2.83 bits per heavy atom. The van der Waals surface area contributed by atoms with Crippen molar-refractivity contribution in [2.45, 2.75) is 32.7 Å². The lowest BCUT2D eigenvalue weighted by molar-refractivity contribution is 0.622. The molecule has 0 fully saturated rings. The largest absolute Gasteiger partial charge is 0.322 e. The quantitative estimate of drug-likeness (QED) is 0.865. The molecule has 1 unspecified atom stereocenters. The van der Waals surface area contributed by atoms with Gasteiger partial charge in [-0.15, -0.1) is 17.0 Å². The van der Waals surface area contributed by atoms with Gasteiger partial charge in [0.1, 0.15) is 6.33 Å². The summed E-state index contributed by atoms with van der Waals surface area (Å²) in [6.45, 7) is 4.36. The van der Waals surface area contributed by atoms with E-state index in [1.165, 1.54) is 12.8 Å². The molecule has 1 aromatic rings. The molecule has 0 saturated carbocycles. The maximum atomic E-state index is 3.94. The molecule has 0 amide bonds. The molecule has 70 valence electrons. The zero-order chi connectivity index (χ0) is 8.10. The van der Waals surface area contributed by atoms with Crippen molar-refractivity contribution in [3.05, 3.63) is 18.7 Å². The van der Waals surface area contributed by atoms with Crippen LogP contribution in [0.15, 0.2) is 18.7 Å². The smallest absolute Gasteiger partial charge is 0.114 e. The number of rotatable bonds is 4. The Morgan fingerprint density at radius 1 is 1.58 bits per heavy atom. The van der Waals surface area contributed by atoms with Gasteiger partial charge in [0.15, 0.2) is 0 Å². The van der Waals surface area contributed by atoms with Gasteiger partial charge in [0.2, 0.25) is 0 Å². The fourth-order valence-corrected chi connectivity index (χ4v) is 1.09. The van der Waals surface area contributed by atoms with Crippen LogP contribution in [0.4, 0.5) is 0 Å². The van der Waals surface area contributed by atoms with Crippen LogP contribution in [-0.4, -0.2) is 15.7 Å². The molecule has 4 heteroatoms. The highest BCUT2D eigenvalue weighted by Crippen LogP contribution is 1.96. The van der Waals surface area contributed by atoms with Gasteiger partial charge in [0.25, 0.3) is 0 Å². The van der Waals surface area contributed by atoms with Crippen LogP contribution in [0.2, 0.25) is 0 Å². The first kappa shape index (κ1) is 11.5. The summed E-state index contributed by atoms with van der Waals surface area (Å²) in [6.07, 6.45) is 7.85. The molecule has 1 rings (SSSR count). The van der Waals surface area contributed by atoms with Gasteiger partial charge in [0, 0.05) is 18.4 Å². The van der Waals surface area contributed by atoms with Crippen LogP contribution in [0.3, 0.4) is 0 Å². The maximum absolute atomic E-state index is 3.94. The highest BCUT2D eigenvalue weighted by Gasteiger charge is 1.97. The van der Waals surface area contributed by atoms with Crippen LogP contribution in [0.25, 0.3) is 0 Å². The number of nitrogens with zero attached hydrogens (tertiary/aromatic N) is 2. The van der Waals surface area contributed by atoms with E-state index >= 15 is 0 Å². The fourth-order valence-electron chi connectivity index (χ4n) is 1.09. The number of aromatic nitrogens is 2. The Bertz CT molecular complexity index is 186. The predicted molar refractivity (Wildman–Crippen MR) is 56.3 cm³/mol. The standard InChI is InChI=1S/C8H15N3.BrH/c1-3-4-8(2)10-11-6-5-9-7-11;/h5-8,10H,3-4H2,1-2H3;1H. The summed E-state index contributed by atoms with van der Waals surface area (Å²) in [7, 11) is 0. The van der Waals surface area contributed by atoms with E-state index in [0.717, 1.165) is 0 Å². The van der Waals surface area contributed by atoms with Crippen molar-refractivity contribution in [1.29, 1.82) is 0 Å². The molecule has 3 nitrogen and oxygen atoms in total. The Morgan fingerprint density at radius 2 is 2.33 bits per heavy atom. The molecule has 1 N–H and O–H groups in total. The number of halogens is 1. The number of hydrogen-bond acceptors (Lipinski definition) is 2. The molecule has 0 radical (unpaired) electrons. The molecule has 1 heterocycles. The molecule has 0 aliphatic heterocycles. The van der Waals surface area contributed by atoms with Gasteiger partial charge in [-0.05, 0) is 13.3 Å². The van der Waals surface area contributed by atoms with E-state index < -0.39 is 0 Å². The summed E-state index contributed by atoms with van der Waals surface area (Å²) in [5.74, 6) is 0. The summed E-state index contributed by atoms with van der Waals surface area (Å²) in [5, 5.41) is 0. The minimum absolute atomic E-state index is 0. The Kier molecular flexibility index (Phi) is 5.80. The first-order chi connectivity index (χ1) is 5.33. The van der Waals surface area contributed by atoms with Crippen LogP contribution in [0.5, 0.6) is 0 Å². The third kappa shape index (κ3) is 3.76. The van der Waals surface area contributed by atoms with Gasteiger partial charge >= 0.3 is 0 Å². The fraction of sp³-hybridized carbons (Fsp3) is 0.625. The van der Waals surface area contributed by atoms with E-state index in [0.29, 0.717) is 6.04 Å². The first-order valence-electron chi connectivity index (χ1n) is 4.07. The van der Waals surface area contributed by atoms with Gasteiger partial charge in [-0.3, -0.25) is 4.68 Å². The van der Waals surface area contributed by atoms with Crippen molar-refractivity contribution in [1.82, 2.24) is 9.66 Å². The van der Waals surface area contributed by atoms with Gasteiger partial charge in [-0.2, -0.15) is 0 Å². The maximum Gasteiger partial charge on any atom is 0.114 e. The van der Waals surface area contributed by atoms with Gasteiger partial charge < -0.3 is 5.43 Å². The highest BCUT2D eigenvalue weighted by atomic mass is 79.9. The average molecular weight is 234 g/mol. The summed E-state index contributed by atoms with van der Waals surface area (Å²) >= 11 is 0. The zero-order valence-corrected chi connectivity index (χ0v) is 9.24. The minimum atomic E-state index is 0. The summed E-state index contributed by atoms with van der Waals surface area (Å²) in [6, 6.07) is 0.522. The normalized spacial score (nSPS) is 11.8. The van der Waals surface area contributed by atoms with E-state index in [-0.39, 0.29) is 17.0 Å². The Balaban J connectivity index is 0.00000121. The minimum Gasteiger partial charge on any atom is -0.322 e. The molecular weight excluding hydrogens is 218 g/mol. The highest BCUT2D eigenvalue weighted by molar-refractivity contribution is 8.93. The molecule has 0 spiro atoms.